The van der Waals surface area contributed by atoms with Crippen LogP contribution in [0.2, 0.25) is 0 Å². The molecule has 0 fully saturated rings. The molecule has 9 heteroatoms. The lowest BCUT2D eigenvalue weighted by Gasteiger charge is -2.09. The van der Waals surface area contributed by atoms with Crippen LogP contribution in [-0.2, 0) is 0 Å². The lowest BCUT2D eigenvalue weighted by Crippen LogP contribution is -2.19. The van der Waals surface area contributed by atoms with Crippen LogP contribution in [0.15, 0.2) is 79.0 Å². The van der Waals surface area contributed by atoms with Crippen LogP contribution in [0.3, 0.4) is 0 Å². The largest absolute Gasteiger partial charge is 0.360 e. The second kappa shape index (κ2) is 8.37. The van der Waals surface area contributed by atoms with Crippen LogP contribution in [0.25, 0.3) is 10.9 Å². The van der Waals surface area contributed by atoms with Gasteiger partial charge in [0.1, 0.15) is 0 Å². The number of rotatable bonds is 5. The molecule has 1 aromatic heterocycles. The summed E-state index contributed by atoms with van der Waals surface area (Å²) in [5, 5.41) is 19.6. The molecule has 4 rings (SSSR count). The topological polar surface area (TPSA) is 129 Å². The van der Waals surface area contributed by atoms with Gasteiger partial charge < -0.3 is 20.9 Å². The van der Waals surface area contributed by atoms with Gasteiger partial charge in [-0.1, -0.05) is 18.2 Å². The van der Waals surface area contributed by atoms with Gasteiger partial charge in [-0.15, -0.1) is 0 Å². The van der Waals surface area contributed by atoms with E-state index >= 15 is 0 Å². The Hall–Kier alpha value is -4.66. The quantitative estimate of drug-likeness (QED) is 0.271. The number of aromatic nitrogens is 1. The number of non-ortho nitro benzene ring substituents is 1. The van der Waals surface area contributed by atoms with E-state index in [9.17, 15) is 19.7 Å². The molecule has 0 saturated carbocycles. The molecular formula is C22H17N5O4. The summed E-state index contributed by atoms with van der Waals surface area (Å²) in [7, 11) is 0. The van der Waals surface area contributed by atoms with E-state index in [2.05, 4.69) is 20.9 Å². The predicted octanol–water partition coefficient (Wildman–Crippen LogP) is 4.97. The lowest BCUT2D eigenvalue weighted by molar-refractivity contribution is -0.384. The van der Waals surface area contributed by atoms with Gasteiger partial charge in [0.15, 0.2) is 0 Å². The SMILES string of the molecule is O=C(Nc1ccccc1)Nc1ccc(NC(=O)c2c[nH]c3ccc([N+](=O)[O-])cc23)cc1. The van der Waals surface area contributed by atoms with Gasteiger partial charge in [0.2, 0.25) is 0 Å². The van der Waals surface area contributed by atoms with Crippen molar-refractivity contribution in [2.75, 3.05) is 16.0 Å². The monoisotopic (exact) mass is 415 g/mol. The van der Waals surface area contributed by atoms with Crippen LogP contribution < -0.4 is 16.0 Å². The van der Waals surface area contributed by atoms with Gasteiger partial charge in [-0.3, -0.25) is 14.9 Å². The Morgan fingerprint density at radius 3 is 2.06 bits per heavy atom. The van der Waals surface area contributed by atoms with E-state index in [0.717, 1.165) is 0 Å². The highest BCUT2D eigenvalue weighted by Gasteiger charge is 2.15. The Bertz CT molecular complexity index is 1270. The molecule has 4 aromatic rings. The average molecular weight is 415 g/mol. The normalized spacial score (nSPS) is 10.5. The molecule has 0 radical (unpaired) electrons. The number of carbonyl (C=O) groups is 2. The number of fused-ring (bicyclic) bond motifs is 1. The van der Waals surface area contributed by atoms with E-state index < -0.39 is 10.8 Å². The van der Waals surface area contributed by atoms with Crippen LogP contribution in [0.1, 0.15) is 10.4 Å². The van der Waals surface area contributed by atoms with E-state index in [0.29, 0.717) is 33.5 Å². The molecule has 31 heavy (non-hydrogen) atoms. The van der Waals surface area contributed by atoms with Crippen molar-refractivity contribution < 1.29 is 14.5 Å². The fraction of sp³-hybridized carbons (Fsp3) is 0. The fourth-order valence-corrected chi connectivity index (χ4v) is 3.06. The number of hydrogen-bond donors (Lipinski definition) is 4. The number of carbonyl (C=O) groups excluding carboxylic acids is 2. The third-order valence-electron chi connectivity index (χ3n) is 4.55. The summed E-state index contributed by atoms with van der Waals surface area (Å²) in [5.41, 5.74) is 2.56. The summed E-state index contributed by atoms with van der Waals surface area (Å²) in [6, 6.07) is 19.6. The maximum Gasteiger partial charge on any atom is 0.323 e. The number of para-hydroxylation sites is 1. The molecule has 1 heterocycles. The number of aromatic amines is 1. The van der Waals surface area contributed by atoms with E-state index in [1.165, 1.54) is 18.3 Å². The van der Waals surface area contributed by atoms with Crippen molar-refractivity contribution in [3.8, 4) is 0 Å². The molecule has 3 aromatic carbocycles. The van der Waals surface area contributed by atoms with Crippen molar-refractivity contribution >= 4 is 45.6 Å². The van der Waals surface area contributed by atoms with E-state index in [1.54, 1.807) is 42.5 Å². The predicted molar refractivity (Wildman–Crippen MR) is 118 cm³/mol. The van der Waals surface area contributed by atoms with E-state index in [-0.39, 0.29) is 11.7 Å². The van der Waals surface area contributed by atoms with Crippen molar-refractivity contribution in [2.45, 2.75) is 0 Å². The Balaban J connectivity index is 1.42. The van der Waals surface area contributed by atoms with Crippen LogP contribution in [-0.4, -0.2) is 21.8 Å². The molecule has 0 saturated heterocycles. The minimum absolute atomic E-state index is 0.0923. The third-order valence-corrected chi connectivity index (χ3v) is 4.55. The summed E-state index contributed by atoms with van der Waals surface area (Å²) >= 11 is 0. The van der Waals surface area contributed by atoms with Gasteiger partial charge >= 0.3 is 6.03 Å². The molecule has 0 unspecified atom stereocenters. The number of H-pyrrole nitrogens is 1. The minimum atomic E-state index is -0.506. The maximum atomic E-state index is 12.7. The van der Waals surface area contributed by atoms with Crippen molar-refractivity contribution in [1.82, 2.24) is 4.98 Å². The average Bonchev–Trinajstić information content (AvgIpc) is 3.19. The van der Waals surface area contributed by atoms with Gasteiger partial charge in [-0.25, -0.2) is 4.79 Å². The molecule has 0 bridgehead atoms. The summed E-state index contributed by atoms with van der Waals surface area (Å²) in [5.74, 6) is -0.408. The van der Waals surface area contributed by atoms with Crippen molar-refractivity contribution in [2.24, 2.45) is 0 Å². The van der Waals surface area contributed by atoms with Gasteiger partial charge in [0.05, 0.1) is 10.5 Å². The third kappa shape index (κ3) is 4.51. The van der Waals surface area contributed by atoms with E-state index in [4.69, 9.17) is 0 Å². The minimum Gasteiger partial charge on any atom is -0.360 e. The molecule has 4 N–H and O–H groups in total. The van der Waals surface area contributed by atoms with Crippen molar-refractivity contribution in [3.05, 3.63) is 94.7 Å². The lowest BCUT2D eigenvalue weighted by atomic mass is 10.1. The second-order valence-corrected chi connectivity index (χ2v) is 6.67. The zero-order valence-electron chi connectivity index (χ0n) is 16.1. The molecule has 0 aliphatic carbocycles. The van der Waals surface area contributed by atoms with Crippen LogP contribution in [0.5, 0.6) is 0 Å². The molecule has 0 aliphatic heterocycles. The van der Waals surface area contributed by atoms with Gasteiger partial charge in [0.25, 0.3) is 11.6 Å². The van der Waals surface area contributed by atoms with Gasteiger partial charge in [-0.05, 0) is 42.5 Å². The maximum absolute atomic E-state index is 12.7. The van der Waals surface area contributed by atoms with E-state index in [1.807, 2.05) is 18.2 Å². The molecule has 9 nitrogen and oxygen atoms in total. The smallest absolute Gasteiger partial charge is 0.323 e. The number of nitro benzene ring substituents is 1. The van der Waals surface area contributed by atoms with Gasteiger partial charge in [-0.2, -0.15) is 0 Å². The first kappa shape index (κ1) is 19.6. The Labute approximate surface area is 176 Å². The zero-order valence-corrected chi connectivity index (χ0v) is 16.1. The fourth-order valence-electron chi connectivity index (χ4n) is 3.06. The summed E-state index contributed by atoms with van der Waals surface area (Å²) in [6.07, 6.45) is 1.51. The van der Waals surface area contributed by atoms with Gasteiger partial charge in [0, 0.05) is 46.3 Å². The number of anilines is 3. The van der Waals surface area contributed by atoms with Crippen molar-refractivity contribution in [3.63, 3.8) is 0 Å². The number of hydrogen-bond acceptors (Lipinski definition) is 4. The molecule has 0 spiro atoms. The molecule has 0 aliphatic rings. The highest BCUT2D eigenvalue weighted by Crippen LogP contribution is 2.24. The first-order valence-corrected chi connectivity index (χ1v) is 9.29. The highest BCUT2D eigenvalue weighted by molar-refractivity contribution is 6.13. The first-order valence-electron chi connectivity index (χ1n) is 9.29. The highest BCUT2D eigenvalue weighted by atomic mass is 16.6. The Morgan fingerprint density at radius 2 is 1.42 bits per heavy atom. The van der Waals surface area contributed by atoms with Crippen molar-refractivity contribution in [1.29, 1.82) is 0 Å². The van der Waals surface area contributed by atoms with Crippen LogP contribution in [0, 0.1) is 10.1 Å². The van der Waals surface area contributed by atoms with Crippen LogP contribution >= 0.6 is 0 Å². The number of amides is 3. The standard InChI is InChI=1S/C22H17N5O4/c28-21(19-13-23-20-11-10-17(27(30)31)12-18(19)20)24-15-6-8-16(9-7-15)26-22(29)25-14-4-2-1-3-5-14/h1-13,23H,(H,24,28)(H2,25,26,29). The Morgan fingerprint density at radius 1 is 0.806 bits per heavy atom. The van der Waals surface area contributed by atoms with Crippen LogP contribution in [0.4, 0.5) is 27.5 Å². The second-order valence-electron chi connectivity index (χ2n) is 6.67. The first-order chi connectivity index (χ1) is 15.0. The molecule has 3 amide bonds. The number of urea groups is 1. The number of nitrogens with zero attached hydrogens (tertiary/aromatic N) is 1. The molecule has 154 valence electrons. The summed E-state index contributed by atoms with van der Waals surface area (Å²) < 4.78 is 0. The summed E-state index contributed by atoms with van der Waals surface area (Å²) in [4.78, 5) is 38.1. The number of nitro groups is 1. The number of nitrogens with one attached hydrogen (secondary N) is 4. The zero-order chi connectivity index (χ0) is 21.8. The Kier molecular flexibility index (Phi) is 5.31. The number of benzene rings is 3. The molecular weight excluding hydrogens is 398 g/mol. The summed E-state index contributed by atoms with van der Waals surface area (Å²) in [6.45, 7) is 0. The molecule has 0 atom stereocenters.